The second-order valence-corrected chi connectivity index (χ2v) is 16.7. The number of hydrogen-bond acceptors (Lipinski definition) is 6. The molecule has 6 aliphatic rings. The Morgan fingerprint density at radius 2 is 1.60 bits per heavy atom. The van der Waals surface area contributed by atoms with Crippen molar-refractivity contribution in [1.82, 2.24) is 9.80 Å². The van der Waals surface area contributed by atoms with Gasteiger partial charge >= 0.3 is 0 Å². The fourth-order valence-electron chi connectivity index (χ4n) is 11.0. The summed E-state index contributed by atoms with van der Waals surface area (Å²) in [5.74, 6) is 3.53. The third-order valence-corrected chi connectivity index (χ3v) is 14.6. The molecule has 5 fully saturated rings. The molecule has 2 aliphatic heterocycles. The van der Waals surface area contributed by atoms with Crippen molar-refractivity contribution in [3.63, 3.8) is 0 Å². The van der Waals surface area contributed by atoms with Crippen LogP contribution in [0.25, 0.3) is 0 Å². The summed E-state index contributed by atoms with van der Waals surface area (Å²) in [6.07, 6.45) is 22.5. The zero-order chi connectivity index (χ0) is 29.3. The largest absolute Gasteiger partial charge is 0.472 e. The molecule has 1 aromatic rings. The molecular weight excluding hydrogens is 552 g/mol. The molecule has 0 amide bonds. The van der Waals surface area contributed by atoms with Crippen molar-refractivity contribution in [3.8, 4) is 0 Å². The molecular formula is C37H58N2O3S. The summed E-state index contributed by atoms with van der Waals surface area (Å²) in [5, 5.41) is 0.680. The molecule has 7 rings (SSSR count). The Morgan fingerprint density at radius 1 is 0.860 bits per heavy atom. The highest BCUT2D eigenvalue weighted by atomic mass is 32.2. The Hall–Kier alpha value is -0.790. The van der Waals surface area contributed by atoms with Crippen molar-refractivity contribution >= 4 is 11.8 Å². The van der Waals surface area contributed by atoms with E-state index >= 15 is 0 Å². The molecule has 6 heteroatoms. The van der Waals surface area contributed by atoms with Gasteiger partial charge in [0.05, 0.1) is 32.3 Å². The maximum absolute atomic E-state index is 7.15. The van der Waals surface area contributed by atoms with E-state index in [0.29, 0.717) is 10.7 Å². The quantitative estimate of drug-likeness (QED) is 0.178. The molecule has 2 unspecified atom stereocenters. The van der Waals surface area contributed by atoms with Crippen LogP contribution in [-0.2, 0) is 15.1 Å². The van der Waals surface area contributed by atoms with Gasteiger partial charge in [-0.3, -0.25) is 0 Å². The van der Waals surface area contributed by atoms with Crippen LogP contribution in [0, 0.1) is 28.6 Å². The van der Waals surface area contributed by atoms with Crippen LogP contribution in [0.1, 0.15) is 96.5 Å². The second kappa shape index (κ2) is 13.1. The van der Waals surface area contributed by atoms with Crippen molar-refractivity contribution in [3.05, 3.63) is 35.8 Å². The van der Waals surface area contributed by atoms with Crippen LogP contribution >= 0.6 is 11.8 Å². The van der Waals surface area contributed by atoms with Crippen LogP contribution < -0.4 is 0 Å². The average molecular weight is 611 g/mol. The molecule has 43 heavy (non-hydrogen) atoms. The summed E-state index contributed by atoms with van der Waals surface area (Å²) >= 11 is 2.15. The van der Waals surface area contributed by atoms with E-state index < -0.39 is 0 Å². The van der Waals surface area contributed by atoms with Crippen LogP contribution in [0.4, 0.5) is 0 Å². The zero-order valence-corrected chi connectivity index (χ0v) is 28.0. The lowest BCUT2D eigenvalue weighted by atomic mass is 9.46. The van der Waals surface area contributed by atoms with E-state index in [2.05, 4.69) is 47.6 Å². The predicted molar refractivity (Wildman–Crippen MR) is 176 cm³/mol. The maximum Gasteiger partial charge on any atom is 0.102 e. The fraction of sp³-hybridized carbons (Fsp3) is 0.838. The van der Waals surface area contributed by atoms with Crippen molar-refractivity contribution in [2.45, 2.75) is 102 Å². The predicted octanol–water partition coefficient (Wildman–Crippen LogP) is 7.76. The van der Waals surface area contributed by atoms with Gasteiger partial charge in [-0.05, 0) is 132 Å². The number of ether oxygens (including phenoxy) is 2. The van der Waals surface area contributed by atoms with Crippen LogP contribution in [0.15, 0.2) is 34.7 Å². The smallest absolute Gasteiger partial charge is 0.102 e. The first-order valence-electron chi connectivity index (χ1n) is 18.0. The van der Waals surface area contributed by atoms with Gasteiger partial charge in [0, 0.05) is 35.1 Å². The zero-order valence-electron chi connectivity index (χ0n) is 27.2. The van der Waals surface area contributed by atoms with E-state index in [-0.39, 0.29) is 11.0 Å². The molecule has 0 spiro atoms. The summed E-state index contributed by atoms with van der Waals surface area (Å²) in [6, 6.07) is 2.22. The highest BCUT2D eigenvalue weighted by molar-refractivity contribution is 8.00. The minimum atomic E-state index is -0.197. The Bertz CT molecular complexity index is 1080. The first kappa shape index (κ1) is 30.8. The van der Waals surface area contributed by atoms with Gasteiger partial charge in [-0.2, -0.15) is 11.8 Å². The molecule has 5 nitrogen and oxygen atoms in total. The number of rotatable bonds is 12. The molecule has 0 N–H and O–H groups in total. The number of thioether (sulfide) groups is 1. The summed E-state index contributed by atoms with van der Waals surface area (Å²) in [5.41, 5.74) is 3.49. The summed E-state index contributed by atoms with van der Waals surface area (Å²) in [6.45, 7) is 15.1. The molecule has 1 aromatic heterocycles. The minimum Gasteiger partial charge on any atom is -0.472 e. The van der Waals surface area contributed by atoms with E-state index in [1.54, 1.807) is 5.57 Å². The van der Waals surface area contributed by atoms with E-state index in [9.17, 15) is 0 Å². The molecule has 240 valence electrons. The Labute approximate surface area is 265 Å². The van der Waals surface area contributed by atoms with Gasteiger partial charge in [0.25, 0.3) is 0 Å². The van der Waals surface area contributed by atoms with Crippen LogP contribution in [-0.4, -0.2) is 79.9 Å². The first-order valence-corrected chi connectivity index (χ1v) is 19.1. The summed E-state index contributed by atoms with van der Waals surface area (Å²) in [7, 11) is 0. The second-order valence-electron chi connectivity index (χ2n) is 15.4. The third-order valence-electron chi connectivity index (χ3n) is 13.4. The van der Waals surface area contributed by atoms with E-state index in [0.717, 1.165) is 62.8 Å². The van der Waals surface area contributed by atoms with Crippen molar-refractivity contribution in [2.24, 2.45) is 28.6 Å². The number of hydrogen-bond donors (Lipinski definition) is 0. The van der Waals surface area contributed by atoms with Crippen molar-refractivity contribution in [1.29, 1.82) is 0 Å². The van der Waals surface area contributed by atoms with Crippen LogP contribution in [0.2, 0.25) is 0 Å². The standard InChI is InChI=1S/C37H58N2O3S/c1-35-13-9-31(43-26-25-40-23-20-38-16-3-4-17-38)27-29(35)7-8-32-33(35)10-14-36(2)34(32)11-15-37(36,30-12-22-41-28-30)42-24-21-39-18-5-6-19-39/h12,22,27-28,31-34H,3-11,13-21,23-26H2,1-2H3/t31?,32-,33-,34+,35+,36+,37?/m1/s1. The highest BCUT2D eigenvalue weighted by Crippen LogP contribution is 2.70. The van der Waals surface area contributed by atoms with Gasteiger partial charge in [-0.15, -0.1) is 0 Å². The lowest BCUT2D eigenvalue weighted by Gasteiger charge is -2.60. The number of allylic oxidation sites excluding steroid dienone is 1. The maximum atomic E-state index is 7.15. The summed E-state index contributed by atoms with van der Waals surface area (Å²) < 4.78 is 18.9. The average Bonchev–Trinajstić information content (AvgIpc) is 3.83. The van der Waals surface area contributed by atoms with Gasteiger partial charge < -0.3 is 23.7 Å². The fourth-order valence-corrected chi connectivity index (χ4v) is 12.1. The van der Waals surface area contributed by atoms with Gasteiger partial charge in [0.2, 0.25) is 0 Å². The number of fused-ring (bicyclic) bond motifs is 5. The van der Waals surface area contributed by atoms with Crippen LogP contribution in [0.5, 0.6) is 0 Å². The van der Waals surface area contributed by atoms with E-state index in [4.69, 9.17) is 13.9 Å². The van der Waals surface area contributed by atoms with Gasteiger partial charge in [-0.25, -0.2) is 0 Å². The monoisotopic (exact) mass is 610 g/mol. The number of likely N-dealkylation sites (tertiary alicyclic amines) is 2. The van der Waals surface area contributed by atoms with Crippen molar-refractivity contribution in [2.75, 3.05) is 64.8 Å². The lowest BCUT2D eigenvalue weighted by Crippen LogP contribution is -2.54. The SMILES string of the molecule is C[C@]12CCC(SCCOCCN3CCCC3)C=C1CC[C@@H]1[C@H]2CC[C@@]2(C)[C@H]1CCC2(OCCN1CCCC1)c1ccoc1. The van der Waals surface area contributed by atoms with E-state index in [1.807, 2.05) is 12.5 Å². The lowest BCUT2D eigenvalue weighted by molar-refractivity contribution is -0.167. The molecule has 0 radical (unpaired) electrons. The molecule has 3 saturated carbocycles. The van der Waals surface area contributed by atoms with Crippen molar-refractivity contribution < 1.29 is 13.9 Å². The Balaban J connectivity index is 0.981. The van der Waals surface area contributed by atoms with Gasteiger partial charge in [0.1, 0.15) is 5.60 Å². The first-order chi connectivity index (χ1) is 21.0. The molecule has 0 aromatic carbocycles. The molecule has 0 bridgehead atoms. The van der Waals surface area contributed by atoms with Crippen LogP contribution in [0.3, 0.4) is 0 Å². The molecule has 7 atom stereocenters. The Kier molecular flexibility index (Phi) is 9.42. The third kappa shape index (κ3) is 5.83. The van der Waals surface area contributed by atoms with Gasteiger partial charge in [0.15, 0.2) is 0 Å². The number of nitrogens with zero attached hydrogens (tertiary/aromatic N) is 2. The molecule has 2 saturated heterocycles. The summed E-state index contributed by atoms with van der Waals surface area (Å²) in [4.78, 5) is 5.15. The normalized spacial score (nSPS) is 39.9. The van der Waals surface area contributed by atoms with E-state index in [1.165, 1.54) is 102 Å². The molecule has 4 aliphatic carbocycles. The molecule has 3 heterocycles. The topological polar surface area (TPSA) is 38.1 Å². The Morgan fingerprint density at radius 3 is 2.35 bits per heavy atom. The number of furan rings is 1. The van der Waals surface area contributed by atoms with Gasteiger partial charge in [-0.1, -0.05) is 25.5 Å². The minimum absolute atomic E-state index is 0.183. The highest BCUT2D eigenvalue weighted by Gasteiger charge is 2.65.